The maximum absolute atomic E-state index is 5.45. The van der Waals surface area contributed by atoms with Gasteiger partial charge in [0.05, 0.1) is 5.69 Å². The Hall–Kier alpha value is -4.04. The van der Waals surface area contributed by atoms with E-state index < -0.39 is 0 Å². The number of rotatable bonds is 9. The molecule has 1 aliphatic rings. The van der Waals surface area contributed by atoms with Crippen molar-refractivity contribution >= 4 is 11.3 Å². The van der Waals surface area contributed by atoms with E-state index in [9.17, 15) is 0 Å². The number of aromatic nitrogens is 6. The minimum Gasteiger partial charge on any atom is -0.384 e. The molecule has 1 saturated carbocycles. The van der Waals surface area contributed by atoms with E-state index in [1.54, 1.807) is 13.3 Å². The summed E-state index contributed by atoms with van der Waals surface area (Å²) in [6, 6.07) is 18.6. The van der Waals surface area contributed by atoms with Crippen LogP contribution in [-0.4, -0.2) is 49.6 Å². The van der Waals surface area contributed by atoms with E-state index in [4.69, 9.17) is 19.9 Å². The molecule has 4 aromatic heterocycles. The number of benzene rings is 1. The van der Waals surface area contributed by atoms with Gasteiger partial charge in [0.25, 0.3) is 0 Å². The third-order valence-corrected chi connectivity index (χ3v) is 7.49. The lowest BCUT2D eigenvalue weighted by molar-refractivity contribution is 0.0658. The highest BCUT2D eigenvalue weighted by Crippen LogP contribution is 2.40. The van der Waals surface area contributed by atoms with Crippen LogP contribution in [-0.2, 0) is 4.74 Å². The molecule has 2 unspecified atom stereocenters. The average molecular weight is 508 g/mol. The fourth-order valence-corrected chi connectivity index (χ4v) is 5.24. The summed E-state index contributed by atoms with van der Waals surface area (Å²) in [7, 11) is 1.78. The van der Waals surface area contributed by atoms with Gasteiger partial charge in [-0.25, -0.2) is 9.50 Å². The Labute approximate surface area is 222 Å². The molecule has 0 radical (unpaired) electrons. The van der Waals surface area contributed by atoms with Crippen LogP contribution in [0.4, 0.5) is 5.82 Å². The van der Waals surface area contributed by atoms with Gasteiger partial charge in [-0.3, -0.25) is 9.67 Å². The first kappa shape index (κ1) is 24.3. The zero-order valence-electron chi connectivity index (χ0n) is 22.1. The van der Waals surface area contributed by atoms with Crippen LogP contribution in [0.5, 0.6) is 0 Å². The summed E-state index contributed by atoms with van der Waals surface area (Å²) in [5.74, 6) is 2.52. The summed E-state index contributed by atoms with van der Waals surface area (Å²) in [5, 5.41) is 13.5. The molecule has 1 fully saturated rings. The normalized spacial score (nSPS) is 17.2. The van der Waals surface area contributed by atoms with Gasteiger partial charge in [0.15, 0.2) is 5.82 Å². The van der Waals surface area contributed by atoms with Gasteiger partial charge in [-0.1, -0.05) is 36.4 Å². The molecule has 0 aliphatic heterocycles. The predicted molar refractivity (Wildman–Crippen MR) is 150 cm³/mol. The SMILES string of the molecule is COCC1CCC1CNc1nc(-c2ccccn2)nn2cc(-c3ccn(C(C)C)n3)c(-c3ccccc3)c12. The van der Waals surface area contributed by atoms with Gasteiger partial charge < -0.3 is 10.1 Å². The Bertz CT molecular complexity index is 1520. The molecular weight excluding hydrogens is 474 g/mol. The molecule has 1 N–H and O–H groups in total. The van der Waals surface area contributed by atoms with Crippen molar-refractivity contribution in [2.24, 2.45) is 11.8 Å². The van der Waals surface area contributed by atoms with Crippen molar-refractivity contribution in [1.82, 2.24) is 29.4 Å². The molecule has 5 aromatic rings. The molecule has 1 aliphatic carbocycles. The van der Waals surface area contributed by atoms with Crippen LogP contribution in [0.2, 0.25) is 0 Å². The molecular formula is C30H33N7O. The molecule has 0 amide bonds. The van der Waals surface area contributed by atoms with Crippen LogP contribution in [0, 0.1) is 11.8 Å². The second-order valence-electron chi connectivity index (χ2n) is 10.3. The van der Waals surface area contributed by atoms with E-state index in [-0.39, 0.29) is 6.04 Å². The van der Waals surface area contributed by atoms with Crippen molar-refractivity contribution in [1.29, 1.82) is 0 Å². The second-order valence-corrected chi connectivity index (χ2v) is 10.3. The van der Waals surface area contributed by atoms with Crippen molar-refractivity contribution in [2.75, 3.05) is 25.6 Å². The first-order chi connectivity index (χ1) is 18.6. The van der Waals surface area contributed by atoms with Crippen molar-refractivity contribution in [3.63, 3.8) is 0 Å². The van der Waals surface area contributed by atoms with E-state index in [1.807, 2.05) is 39.7 Å². The second kappa shape index (κ2) is 10.4. The number of methoxy groups -OCH3 is 1. The number of pyridine rings is 1. The molecule has 0 bridgehead atoms. The standard InChI is InChI=1S/C30H33N7O/c1-20(2)36-16-14-25(34-36)24-18-37-28(27(24)21-9-5-4-6-10-21)30(32-17-22-12-13-23(22)19-38-3)33-29(35-37)26-11-7-8-15-31-26/h4-11,14-16,18,20,22-23H,12-13,17,19H2,1-3H3,(H,32,33,35). The topological polar surface area (TPSA) is 82.2 Å². The minimum atomic E-state index is 0.274. The Morgan fingerprint density at radius 3 is 2.47 bits per heavy atom. The van der Waals surface area contributed by atoms with Gasteiger partial charge in [0, 0.05) is 56.0 Å². The van der Waals surface area contributed by atoms with E-state index in [1.165, 1.54) is 12.8 Å². The summed E-state index contributed by atoms with van der Waals surface area (Å²) in [6.45, 7) is 5.90. The maximum atomic E-state index is 5.45. The van der Waals surface area contributed by atoms with E-state index in [0.717, 1.165) is 52.6 Å². The average Bonchev–Trinajstić information content (AvgIpc) is 3.58. The third kappa shape index (κ3) is 4.56. The molecule has 8 heteroatoms. The lowest BCUT2D eigenvalue weighted by Gasteiger charge is -2.36. The van der Waals surface area contributed by atoms with Gasteiger partial charge in [-0.2, -0.15) is 5.10 Å². The highest BCUT2D eigenvalue weighted by molar-refractivity contribution is 5.98. The lowest BCUT2D eigenvalue weighted by atomic mass is 9.74. The van der Waals surface area contributed by atoms with Crippen molar-refractivity contribution in [3.8, 4) is 33.9 Å². The first-order valence-corrected chi connectivity index (χ1v) is 13.3. The van der Waals surface area contributed by atoms with Crippen molar-refractivity contribution < 1.29 is 4.74 Å². The number of hydrogen-bond donors (Lipinski definition) is 1. The van der Waals surface area contributed by atoms with Gasteiger partial charge in [-0.15, -0.1) is 5.10 Å². The quantitative estimate of drug-likeness (QED) is 0.264. The van der Waals surface area contributed by atoms with E-state index in [2.05, 4.69) is 60.7 Å². The fourth-order valence-electron chi connectivity index (χ4n) is 5.24. The Morgan fingerprint density at radius 2 is 1.79 bits per heavy atom. The summed E-state index contributed by atoms with van der Waals surface area (Å²) in [5.41, 5.74) is 5.77. The molecule has 6 rings (SSSR count). The summed E-state index contributed by atoms with van der Waals surface area (Å²) >= 11 is 0. The minimum absolute atomic E-state index is 0.274. The summed E-state index contributed by atoms with van der Waals surface area (Å²) in [6.07, 6.45) is 8.28. The largest absolute Gasteiger partial charge is 0.384 e. The predicted octanol–water partition coefficient (Wildman–Crippen LogP) is 5.99. The fraction of sp³-hybridized carbons (Fsp3) is 0.333. The van der Waals surface area contributed by atoms with Crippen LogP contribution >= 0.6 is 0 Å². The molecule has 8 nitrogen and oxygen atoms in total. The van der Waals surface area contributed by atoms with Crippen LogP contribution in [0.1, 0.15) is 32.7 Å². The maximum Gasteiger partial charge on any atom is 0.200 e. The molecule has 0 spiro atoms. The summed E-state index contributed by atoms with van der Waals surface area (Å²) < 4.78 is 9.38. The molecule has 1 aromatic carbocycles. The number of hydrogen-bond acceptors (Lipinski definition) is 6. The zero-order valence-corrected chi connectivity index (χ0v) is 22.1. The molecule has 4 heterocycles. The smallest absolute Gasteiger partial charge is 0.200 e. The van der Waals surface area contributed by atoms with Gasteiger partial charge in [0.2, 0.25) is 5.82 Å². The van der Waals surface area contributed by atoms with Crippen LogP contribution in [0.15, 0.2) is 73.2 Å². The monoisotopic (exact) mass is 507 g/mol. The summed E-state index contributed by atoms with van der Waals surface area (Å²) in [4.78, 5) is 9.56. The Kier molecular flexibility index (Phi) is 6.64. The first-order valence-electron chi connectivity index (χ1n) is 13.3. The van der Waals surface area contributed by atoms with Crippen molar-refractivity contribution in [3.05, 3.63) is 73.2 Å². The lowest BCUT2D eigenvalue weighted by Crippen LogP contribution is -2.35. The van der Waals surface area contributed by atoms with Gasteiger partial charge in [-0.05, 0) is 62.3 Å². The highest BCUT2D eigenvalue weighted by atomic mass is 16.5. The third-order valence-electron chi connectivity index (χ3n) is 7.49. The zero-order chi connectivity index (χ0) is 26.1. The van der Waals surface area contributed by atoms with Gasteiger partial charge in [0.1, 0.15) is 11.2 Å². The van der Waals surface area contributed by atoms with Crippen LogP contribution in [0.3, 0.4) is 0 Å². The van der Waals surface area contributed by atoms with Crippen LogP contribution in [0.25, 0.3) is 39.4 Å². The number of nitrogens with zero attached hydrogens (tertiary/aromatic N) is 6. The highest BCUT2D eigenvalue weighted by Gasteiger charge is 2.31. The number of anilines is 1. The van der Waals surface area contributed by atoms with E-state index >= 15 is 0 Å². The van der Waals surface area contributed by atoms with Crippen molar-refractivity contribution in [2.45, 2.75) is 32.7 Å². The van der Waals surface area contributed by atoms with Gasteiger partial charge >= 0.3 is 0 Å². The van der Waals surface area contributed by atoms with E-state index in [0.29, 0.717) is 17.7 Å². The van der Waals surface area contributed by atoms with Crippen LogP contribution < -0.4 is 5.32 Å². The molecule has 0 saturated heterocycles. The Morgan fingerprint density at radius 1 is 0.974 bits per heavy atom. The molecule has 2 atom stereocenters. The number of ether oxygens (including phenoxy) is 1. The number of nitrogens with one attached hydrogen (secondary N) is 1. The molecule has 38 heavy (non-hydrogen) atoms. The number of fused-ring (bicyclic) bond motifs is 1. The molecule has 194 valence electrons. The Balaban J connectivity index is 1.53.